The average Bonchev–Trinajstić information content (AvgIpc) is 3.01. The second-order valence-electron chi connectivity index (χ2n) is 5.26. The molecule has 1 aliphatic heterocycles. The van der Waals surface area contributed by atoms with E-state index < -0.39 is 11.7 Å². The van der Waals surface area contributed by atoms with Gasteiger partial charge in [-0.15, -0.1) is 0 Å². The Morgan fingerprint density at radius 2 is 1.81 bits per heavy atom. The fourth-order valence-corrected chi connectivity index (χ4v) is 2.76. The van der Waals surface area contributed by atoms with Crippen molar-refractivity contribution < 1.29 is 13.2 Å². The molecule has 0 radical (unpaired) electrons. The Bertz CT molecular complexity index is 599. The summed E-state index contributed by atoms with van der Waals surface area (Å²) in [6.45, 7) is 1.38. The van der Waals surface area contributed by atoms with Crippen molar-refractivity contribution >= 4 is 5.69 Å². The van der Waals surface area contributed by atoms with Crippen LogP contribution in [0.15, 0.2) is 30.6 Å². The number of piperidine rings is 1. The molecule has 1 saturated heterocycles. The van der Waals surface area contributed by atoms with Gasteiger partial charge in [0.05, 0.1) is 11.8 Å². The Morgan fingerprint density at radius 1 is 1.05 bits per heavy atom. The van der Waals surface area contributed by atoms with Crippen LogP contribution in [0.1, 0.15) is 24.8 Å². The van der Waals surface area contributed by atoms with Crippen LogP contribution in [0.25, 0.3) is 11.1 Å². The van der Waals surface area contributed by atoms with Gasteiger partial charge < -0.3 is 4.90 Å². The number of H-pyrrole nitrogens is 1. The number of alkyl halides is 3. The molecule has 0 aliphatic carbocycles. The summed E-state index contributed by atoms with van der Waals surface area (Å²) in [5, 5.41) is 6.41. The van der Waals surface area contributed by atoms with E-state index in [4.69, 9.17) is 0 Å². The Hall–Kier alpha value is -1.98. The Morgan fingerprint density at radius 3 is 2.43 bits per heavy atom. The highest BCUT2D eigenvalue weighted by molar-refractivity contribution is 5.68. The first kappa shape index (κ1) is 14.0. The molecule has 0 atom stereocenters. The Balaban J connectivity index is 2.03. The quantitative estimate of drug-likeness (QED) is 0.905. The smallest absolute Gasteiger partial charge is 0.371 e. The van der Waals surface area contributed by atoms with E-state index in [1.54, 1.807) is 18.3 Å². The standard InChI is InChI=1S/C15H16F3N3/c16-15(17,18)13-8-11(12-9-19-20-10-12)4-5-14(13)21-6-2-1-3-7-21/h4-5,8-10H,1-3,6-7H2,(H,19,20). The van der Waals surface area contributed by atoms with E-state index in [1.807, 2.05) is 4.90 Å². The Kier molecular flexibility index (Phi) is 3.61. The minimum absolute atomic E-state index is 0.287. The van der Waals surface area contributed by atoms with Crippen molar-refractivity contribution in [2.45, 2.75) is 25.4 Å². The van der Waals surface area contributed by atoms with Crippen LogP contribution in [0.4, 0.5) is 18.9 Å². The number of hydrogen-bond donors (Lipinski definition) is 1. The molecule has 1 aromatic heterocycles. The molecule has 112 valence electrons. The molecule has 1 aromatic carbocycles. The van der Waals surface area contributed by atoms with Crippen LogP contribution in [-0.2, 0) is 6.18 Å². The molecule has 0 spiro atoms. The first-order chi connectivity index (χ1) is 10.1. The molecule has 2 heterocycles. The third kappa shape index (κ3) is 2.89. The minimum atomic E-state index is -4.35. The van der Waals surface area contributed by atoms with Gasteiger partial charge in [-0.05, 0) is 37.0 Å². The zero-order chi connectivity index (χ0) is 14.9. The summed E-state index contributed by atoms with van der Waals surface area (Å²) in [6.07, 6.45) is 1.74. The van der Waals surface area contributed by atoms with Crippen molar-refractivity contribution in [1.82, 2.24) is 10.2 Å². The predicted octanol–water partition coefficient (Wildman–Crippen LogP) is 4.09. The largest absolute Gasteiger partial charge is 0.418 e. The van der Waals surface area contributed by atoms with Gasteiger partial charge in [0.2, 0.25) is 0 Å². The fraction of sp³-hybridized carbons (Fsp3) is 0.400. The van der Waals surface area contributed by atoms with Crippen LogP contribution >= 0.6 is 0 Å². The van der Waals surface area contributed by atoms with Crippen LogP contribution in [0.2, 0.25) is 0 Å². The molecule has 3 nitrogen and oxygen atoms in total. The predicted molar refractivity (Wildman–Crippen MR) is 75.1 cm³/mol. The zero-order valence-electron chi connectivity index (χ0n) is 11.5. The van der Waals surface area contributed by atoms with Gasteiger partial charge in [0.15, 0.2) is 0 Å². The highest BCUT2D eigenvalue weighted by atomic mass is 19.4. The monoisotopic (exact) mass is 295 g/mol. The number of benzene rings is 1. The third-order valence-electron chi connectivity index (χ3n) is 3.83. The van der Waals surface area contributed by atoms with Gasteiger partial charge in [-0.1, -0.05) is 6.07 Å². The third-order valence-corrected chi connectivity index (χ3v) is 3.83. The average molecular weight is 295 g/mol. The maximum absolute atomic E-state index is 13.4. The van der Waals surface area contributed by atoms with E-state index in [0.29, 0.717) is 24.2 Å². The van der Waals surface area contributed by atoms with Gasteiger partial charge in [-0.2, -0.15) is 18.3 Å². The normalized spacial score (nSPS) is 16.2. The summed E-state index contributed by atoms with van der Waals surface area (Å²) in [4.78, 5) is 1.84. The first-order valence-corrected chi connectivity index (χ1v) is 7.01. The van der Waals surface area contributed by atoms with Gasteiger partial charge in [0, 0.05) is 30.5 Å². The maximum Gasteiger partial charge on any atom is 0.418 e. The summed E-state index contributed by atoms with van der Waals surface area (Å²) in [5.74, 6) is 0. The molecular formula is C15H16F3N3. The number of anilines is 1. The summed E-state index contributed by atoms with van der Waals surface area (Å²) in [7, 11) is 0. The maximum atomic E-state index is 13.4. The Labute approximate surface area is 120 Å². The molecule has 0 saturated carbocycles. The van der Waals surface area contributed by atoms with Crippen LogP contribution < -0.4 is 4.90 Å². The second-order valence-corrected chi connectivity index (χ2v) is 5.26. The number of nitrogens with zero attached hydrogens (tertiary/aromatic N) is 2. The second kappa shape index (κ2) is 5.42. The topological polar surface area (TPSA) is 31.9 Å². The van der Waals surface area contributed by atoms with Crippen molar-refractivity contribution in [3.63, 3.8) is 0 Å². The van der Waals surface area contributed by atoms with Crippen LogP contribution in [0, 0.1) is 0 Å². The summed E-state index contributed by atoms with van der Waals surface area (Å²) in [5.41, 5.74) is 0.903. The van der Waals surface area contributed by atoms with E-state index >= 15 is 0 Å². The highest BCUT2D eigenvalue weighted by Crippen LogP contribution is 2.39. The molecule has 0 unspecified atom stereocenters. The van der Waals surface area contributed by atoms with Gasteiger partial charge in [-0.3, -0.25) is 5.10 Å². The molecule has 21 heavy (non-hydrogen) atoms. The summed E-state index contributed by atoms with van der Waals surface area (Å²) in [6, 6.07) is 4.52. The van der Waals surface area contributed by atoms with Gasteiger partial charge >= 0.3 is 6.18 Å². The number of aromatic amines is 1. The molecule has 1 aliphatic rings. The van der Waals surface area contributed by atoms with Crippen LogP contribution in [0.3, 0.4) is 0 Å². The molecule has 1 fully saturated rings. The molecule has 1 N–H and O–H groups in total. The van der Waals surface area contributed by atoms with E-state index in [1.165, 1.54) is 12.3 Å². The lowest BCUT2D eigenvalue weighted by molar-refractivity contribution is -0.137. The van der Waals surface area contributed by atoms with Gasteiger partial charge in [-0.25, -0.2) is 0 Å². The van der Waals surface area contributed by atoms with E-state index in [-0.39, 0.29) is 5.69 Å². The molecule has 3 rings (SSSR count). The number of aromatic nitrogens is 2. The molecule has 0 amide bonds. The lowest BCUT2D eigenvalue weighted by Crippen LogP contribution is -2.31. The first-order valence-electron chi connectivity index (χ1n) is 7.01. The van der Waals surface area contributed by atoms with E-state index in [2.05, 4.69) is 10.2 Å². The SMILES string of the molecule is FC(F)(F)c1cc(-c2cn[nH]c2)ccc1N1CCCCC1. The molecule has 6 heteroatoms. The van der Waals surface area contributed by atoms with Gasteiger partial charge in [0.25, 0.3) is 0 Å². The van der Waals surface area contributed by atoms with Gasteiger partial charge in [0.1, 0.15) is 0 Å². The molecular weight excluding hydrogens is 279 g/mol. The van der Waals surface area contributed by atoms with Crippen molar-refractivity contribution in [1.29, 1.82) is 0 Å². The van der Waals surface area contributed by atoms with Crippen molar-refractivity contribution in [3.05, 3.63) is 36.2 Å². The van der Waals surface area contributed by atoms with Crippen molar-refractivity contribution in [2.24, 2.45) is 0 Å². The summed E-state index contributed by atoms with van der Waals surface area (Å²) >= 11 is 0. The fourth-order valence-electron chi connectivity index (χ4n) is 2.76. The lowest BCUT2D eigenvalue weighted by atomic mass is 10.0. The van der Waals surface area contributed by atoms with E-state index in [9.17, 15) is 13.2 Å². The number of hydrogen-bond acceptors (Lipinski definition) is 2. The molecule has 0 bridgehead atoms. The number of nitrogens with one attached hydrogen (secondary N) is 1. The number of rotatable bonds is 2. The van der Waals surface area contributed by atoms with Crippen molar-refractivity contribution in [3.8, 4) is 11.1 Å². The lowest BCUT2D eigenvalue weighted by Gasteiger charge is -2.31. The summed E-state index contributed by atoms with van der Waals surface area (Å²) < 4.78 is 40.1. The molecule has 2 aromatic rings. The minimum Gasteiger partial charge on any atom is -0.371 e. The van der Waals surface area contributed by atoms with Crippen LogP contribution in [-0.4, -0.2) is 23.3 Å². The highest BCUT2D eigenvalue weighted by Gasteiger charge is 2.35. The van der Waals surface area contributed by atoms with E-state index in [0.717, 1.165) is 19.3 Å². The number of halogens is 3. The van der Waals surface area contributed by atoms with Crippen LogP contribution in [0.5, 0.6) is 0 Å². The zero-order valence-corrected chi connectivity index (χ0v) is 11.5. The van der Waals surface area contributed by atoms with Crippen molar-refractivity contribution in [2.75, 3.05) is 18.0 Å².